The Labute approximate surface area is 122 Å². The zero-order valence-electron chi connectivity index (χ0n) is 10.4. The molecule has 0 unspecified atom stereocenters. The van der Waals surface area contributed by atoms with E-state index >= 15 is 0 Å². The summed E-state index contributed by atoms with van der Waals surface area (Å²) < 4.78 is 1.73. The van der Waals surface area contributed by atoms with E-state index in [1.807, 2.05) is 13.2 Å². The molecule has 1 amide bonds. The fraction of sp³-hybridized carbons (Fsp3) is 0.231. The minimum absolute atomic E-state index is 0.190. The molecule has 1 heterocycles. The van der Waals surface area contributed by atoms with Gasteiger partial charge in [-0.25, -0.2) is 0 Å². The number of rotatable bonds is 4. The van der Waals surface area contributed by atoms with Crippen molar-refractivity contribution >= 4 is 30.1 Å². The third-order valence-electron chi connectivity index (χ3n) is 2.65. The van der Waals surface area contributed by atoms with Crippen molar-refractivity contribution in [2.45, 2.75) is 11.3 Å². The van der Waals surface area contributed by atoms with Crippen molar-refractivity contribution in [1.29, 1.82) is 0 Å². The zero-order chi connectivity index (χ0) is 13.8. The Morgan fingerprint density at radius 2 is 2.32 bits per heavy atom. The molecule has 2 rings (SSSR count). The minimum atomic E-state index is -0.190. The zero-order valence-corrected chi connectivity index (χ0v) is 12.1. The highest BCUT2D eigenvalue weighted by molar-refractivity contribution is 7.80. The highest BCUT2D eigenvalue weighted by Gasteiger charge is 2.10. The van der Waals surface area contributed by atoms with Gasteiger partial charge in [-0.1, -0.05) is 11.6 Å². The van der Waals surface area contributed by atoms with Crippen LogP contribution in [-0.2, 0) is 13.5 Å². The molecule has 4 nitrogen and oxygen atoms in total. The quantitative estimate of drug-likeness (QED) is 0.851. The average Bonchev–Trinajstić information content (AvgIpc) is 2.78. The molecule has 19 heavy (non-hydrogen) atoms. The van der Waals surface area contributed by atoms with Gasteiger partial charge < -0.3 is 5.32 Å². The van der Waals surface area contributed by atoms with Crippen LogP contribution in [0.4, 0.5) is 0 Å². The molecule has 0 aliphatic heterocycles. The average molecular weight is 296 g/mol. The van der Waals surface area contributed by atoms with Gasteiger partial charge in [0.2, 0.25) is 0 Å². The lowest BCUT2D eigenvalue weighted by molar-refractivity contribution is 0.0954. The van der Waals surface area contributed by atoms with Gasteiger partial charge in [0.1, 0.15) is 0 Å². The molecule has 0 aliphatic carbocycles. The fourth-order valence-electron chi connectivity index (χ4n) is 1.70. The van der Waals surface area contributed by atoms with Crippen LogP contribution in [0.25, 0.3) is 0 Å². The van der Waals surface area contributed by atoms with E-state index in [0.29, 0.717) is 22.0 Å². The number of aryl methyl sites for hydroxylation is 1. The minimum Gasteiger partial charge on any atom is -0.352 e. The van der Waals surface area contributed by atoms with Crippen LogP contribution >= 0.6 is 24.2 Å². The summed E-state index contributed by atoms with van der Waals surface area (Å²) in [6.45, 7) is 0.539. The van der Waals surface area contributed by atoms with Crippen LogP contribution in [0, 0.1) is 0 Å². The maximum absolute atomic E-state index is 12.0. The molecular weight excluding hydrogens is 282 g/mol. The van der Waals surface area contributed by atoms with Crippen LogP contribution in [0.15, 0.2) is 35.5 Å². The largest absolute Gasteiger partial charge is 0.352 e. The molecule has 1 N–H and O–H groups in total. The molecule has 0 saturated heterocycles. The van der Waals surface area contributed by atoms with E-state index < -0.39 is 0 Å². The number of carbonyl (C=O) groups is 1. The summed E-state index contributed by atoms with van der Waals surface area (Å²) in [5.74, 6) is -0.190. The standard InChI is InChI=1S/C13H14ClN3OS/c1-17-8-9(7-16-17)4-5-15-13(18)11-6-10(19)2-3-12(11)14/h2-3,6-8,19H,4-5H2,1H3,(H,15,18). The molecular formula is C13H14ClN3OS. The van der Waals surface area contributed by atoms with Crippen molar-refractivity contribution in [2.24, 2.45) is 7.05 Å². The Kier molecular flexibility index (Phi) is 4.50. The maximum atomic E-state index is 12.0. The van der Waals surface area contributed by atoms with Crippen molar-refractivity contribution in [2.75, 3.05) is 6.54 Å². The number of amides is 1. The molecule has 2 aromatic rings. The van der Waals surface area contributed by atoms with E-state index in [0.717, 1.165) is 12.0 Å². The normalized spacial score (nSPS) is 10.5. The second-order valence-electron chi connectivity index (χ2n) is 4.19. The van der Waals surface area contributed by atoms with Gasteiger partial charge in [-0.3, -0.25) is 9.48 Å². The molecule has 0 atom stereocenters. The van der Waals surface area contributed by atoms with Gasteiger partial charge in [-0.2, -0.15) is 5.10 Å². The van der Waals surface area contributed by atoms with E-state index in [1.54, 1.807) is 29.1 Å². The van der Waals surface area contributed by atoms with Crippen molar-refractivity contribution < 1.29 is 4.79 Å². The van der Waals surface area contributed by atoms with E-state index in [9.17, 15) is 4.79 Å². The Hall–Kier alpha value is -1.46. The van der Waals surface area contributed by atoms with Crippen molar-refractivity contribution in [3.63, 3.8) is 0 Å². The van der Waals surface area contributed by atoms with E-state index in [-0.39, 0.29) is 5.91 Å². The Morgan fingerprint density at radius 1 is 1.53 bits per heavy atom. The van der Waals surface area contributed by atoms with Crippen molar-refractivity contribution in [3.05, 3.63) is 46.7 Å². The number of benzene rings is 1. The van der Waals surface area contributed by atoms with Crippen molar-refractivity contribution in [1.82, 2.24) is 15.1 Å². The lowest BCUT2D eigenvalue weighted by Gasteiger charge is -2.06. The number of hydrogen-bond acceptors (Lipinski definition) is 3. The molecule has 1 aromatic carbocycles. The Balaban J connectivity index is 1.92. The first-order valence-electron chi connectivity index (χ1n) is 5.80. The van der Waals surface area contributed by atoms with Crippen LogP contribution in [0.2, 0.25) is 5.02 Å². The van der Waals surface area contributed by atoms with E-state index in [1.165, 1.54) is 0 Å². The number of nitrogens with zero attached hydrogens (tertiary/aromatic N) is 2. The van der Waals surface area contributed by atoms with Crippen LogP contribution in [-0.4, -0.2) is 22.2 Å². The second-order valence-corrected chi connectivity index (χ2v) is 5.12. The fourth-order valence-corrected chi connectivity index (χ4v) is 2.11. The van der Waals surface area contributed by atoms with Gasteiger partial charge in [0.15, 0.2) is 0 Å². The van der Waals surface area contributed by atoms with E-state index in [2.05, 4.69) is 23.0 Å². The van der Waals surface area contributed by atoms with Crippen molar-refractivity contribution in [3.8, 4) is 0 Å². The first-order chi connectivity index (χ1) is 9.06. The third-order valence-corrected chi connectivity index (χ3v) is 3.26. The van der Waals surface area contributed by atoms with E-state index in [4.69, 9.17) is 11.6 Å². The SMILES string of the molecule is Cn1cc(CCNC(=O)c2cc(S)ccc2Cl)cn1. The molecule has 0 saturated carbocycles. The molecule has 0 spiro atoms. The third kappa shape index (κ3) is 3.75. The Morgan fingerprint density at radius 3 is 3.00 bits per heavy atom. The van der Waals surface area contributed by atoms with Gasteiger partial charge in [-0.15, -0.1) is 12.6 Å². The summed E-state index contributed by atoms with van der Waals surface area (Å²) in [6.07, 6.45) is 4.44. The summed E-state index contributed by atoms with van der Waals surface area (Å²) in [5.41, 5.74) is 1.53. The lowest BCUT2D eigenvalue weighted by Crippen LogP contribution is -2.25. The molecule has 0 bridgehead atoms. The van der Waals surface area contributed by atoms with Crippen LogP contribution < -0.4 is 5.32 Å². The lowest BCUT2D eigenvalue weighted by atomic mass is 10.2. The number of aromatic nitrogens is 2. The summed E-state index contributed by atoms with van der Waals surface area (Å²) >= 11 is 10.2. The predicted octanol–water partition coefficient (Wildman–Crippen LogP) is 2.33. The number of halogens is 1. The number of nitrogens with one attached hydrogen (secondary N) is 1. The molecule has 0 aliphatic rings. The van der Waals surface area contributed by atoms with Gasteiger partial charge >= 0.3 is 0 Å². The highest BCUT2D eigenvalue weighted by Crippen LogP contribution is 2.19. The van der Waals surface area contributed by atoms with Gasteiger partial charge in [0.25, 0.3) is 5.91 Å². The molecule has 0 fully saturated rings. The first kappa shape index (κ1) is 14.0. The summed E-state index contributed by atoms with van der Waals surface area (Å²) in [7, 11) is 1.86. The topological polar surface area (TPSA) is 46.9 Å². The number of thiol groups is 1. The summed E-state index contributed by atoms with van der Waals surface area (Å²) in [5, 5.41) is 7.33. The van der Waals surface area contributed by atoms with Gasteiger partial charge in [0, 0.05) is 24.7 Å². The molecule has 0 radical (unpaired) electrons. The smallest absolute Gasteiger partial charge is 0.252 e. The van der Waals surface area contributed by atoms with Gasteiger partial charge in [-0.05, 0) is 30.2 Å². The predicted molar refractivity (Wildman–Crippen MR) is 77.9 cm³/mol. The van der Waals surface area contributed by atoms with Crippen LogP contribution in [0.5, 0.6) is 0 Å². The Bertz CT molecular complexity index is 597. The monoisotopic (exact) mass is 295 g/mol. The highest BCUT2D eigenvalue weighted by atomic mass is 35.5. The maximum Gasteiger partial charge on any atom is 0.252 e. The van der Waals surface area contributed by atoms with Crippen LogP contribution in [0.3, 0.4) is 0 Å². The number of hydrogen-bond donors (Lipinski definition) is 2. The first-order valence-corrected chi connectivity index (χ1v) is 6.63. The second kappa shape index (κ2) is 6.12. The number of carbonyl (C=O) groups excluding carboxylic acids is 1. The molecule has 6 heteroatoms. The molecule has 1 aromatic heterocycles. The van der Waals surface area contributed by atoms with Crippen LogP contribution in [0.1, 0.15) is 15.9 Å². The summed E-state index contributed by atoms with van der Waals surface area (Å²) in [4.78, 5) is 12.7. The summed E-state index contributed by atoms with van der Waals surface area (Å²) in [6, 6.07) is 5.07. The molecule has 100 valence electrons. The van der Waals surface area contributed by atoms with Gasteiger partial charge in [0.05, 0.1) is 16.8 Å².